The second-order valence-electron chi connectivity index (χ2n) is 3.49. The van der Waals surface area contributed by atoms with Crippen molar-refractivity contribution < 1.29 is 19.8 Å². The van der Waals surface area contributed by atoms with Gasteiger partial charge in [-0.25, -0.2) is 9.59 Å². The van der Waals surface area contributed by atoms with Crippen LogP contribution in [0, 0.1) is 0 Å². The van der Waals surface area contributed by atoms with E-state index in [1.54, 1.807) is 0 Å². The third-order valence-electron chi connectivity index (χ3n) is 2.34. The van der Waals surface area contributed by atoms with Gasteiger partial charge < -0.3 is 15.1 Å². The Hall–Kier alpha value is -1.81. The molecule has 3 N–H and O–H groups in total. The van der Waals surface area contributed by atoms with Crippen LogP contribution in [0.2, 0.25) is 0 Å². The van der Waals surface area contributed by atoms with Crippen LogP contribution in [-0.2, 0) is 4.79 Å². The molecular weight excluding hydrogens is 250 g/mol. The second-order valence-corrected chi connectivity index (χ2v) is 4.23. The number of hydrogen-bond donors (Lipinski definition) is 3. The van der Waals surface area contributed by atoms with Gasteiger partial charge in [-0.3, -0.25) is 5.32 Å². The van der Waals surface area contributed by atoms with Gasteiger partial charge in [-0.05, 0) is 5.21 Å². The van der Waals surface area contributed by atoms with Crippen molar-refractivity contribution in [3.05, 3.63) is 0 Å². The van der Waals surface area contributed by atoms with Gasteiger partial charge in [0.15, 0.2) is 0 Å². The largest absolute Gasteiger partial charge is 0.480 e. The van der Waals surface area contributed by atoms with Crippen molar-refractivity contribution in [1.82, 2.24) is 19.7 Å². The fraction of sp³-hybridized carbons (Fsp3) is 0.571. The van der Waals surface area contributed by atoms with E-state index in [9.17, 15) is 14.7 Å². The third kappa shape index (κ3) is 2.47. The minimum Gasteiger partial charge on any atom is -0.480 e. The van der Waals surface area contributed by atoms with Crippen LogP contribution in [0.4, 0.5) is 9.93 Å². The molecule has 1 aromatic heterocycles. The molecule has 1 aliphatic heterocycles. The number of likely N-dealkylation sites (tertiary alicyclic amines) is 1. The minimum atomic E-state index is -1.15. The number of anilines is 1. The molecule has 2 rings (SSSR count). The number of carbonyl (C=O) groups is 2. The zero-order valence-electron chi connectivity index (χ0n) is 8.48. The molecule has 0 bridgehead atoms. The number of aliphatic hydroxyl groups excluding tert-OH is 1. The average molecular weight is 259 g/mol. The van der Waals surface area contributed by atoms with Crippen LogP contribution < -0.4 is 5.32 Å². The molecule has 0 unspecified atom stereocenters. The summed E-state index contributed by atoms with van der Waals surface area (Å²) in [7, 11) is 0. The fourth-order valence-corrected chi connectivity index (χ4v) is 1.97. The summed E-state index contributed by atoms with van der Waals surface area (Å²) >= 11 is 0.880. The van der Waals surface area contributed by atoms with Gasteiger partial charge in [0.05, 0.1) is 6.10 Å². The summed E-state index contributed by atoms with van der Waals surface area (Å²) in [5.41, 5.74) is 0. The number of carbonyl (C=O) groups excluding carboxylic acids is 1. The van der Waals surface area contributed by atoms with E-state index in [1.165, 1.54) is 0 Å². The van der Waals surface area contributed by atoms with Gasteiger partial charge >= 0.3 is 12.0 Å². The van der Waals surface area contributed by atoms with Crippen molar-refractivity contribution in [2.24, 2.45) is 0 Å². The zero-order chi connectivity index (χ0) is 12.4. The highest BCUT2D eigenvalue weighted by molar-refractivity contribution is 7.09. The summed E-state index contributed by atoms with van der Waals surface area (Å²) in [5.74, 6) is -1.15. The lowest BCUT2D eigenvalue weighted by atomic mass is 10.2. The standard InChI is InChI=1S/C7H9N5O4S/c13-3-1-4(5(14)15)12(2-3)7(16)8-6-9-10-11-17-6/h3-4,13H,1-2H2,(H,14,15)(H,8,9,11,16)/t3-,4+/m1/s1. The van der Waals surface area contributed by atoms with Crippen LogP contribution in [-0.4, -0.2) is 60.6 Å². The molecule has 1 aliphatic rings. The highest BCUT2D eigenvalue weighted by atomic mass is 32.1. The van der Waals surface area contributed by atoms with Crippen LogP contribution in [0.1, 0.15) is 6.42 Å². The topological polar surface area (TPSA) is 129 Å². The Morgan fingerprint density at radius 3 is 2.88 bits per heavy atom. The number of carboxylic acid groups (broad SMARTS) is 1. The highest BCUT2D eigenvalue weighted by Crippen LogP contribution is 2.19. The van der Waals surface area contributed by atoms with Gasteiger partial charge in [0.2, 0.25) is 5.13 Å². The molecule has 2 amide bonds. The van der Waals surface area contributed by atoms with E-state index in [2.05, 4.69) is 20.1 Å². The maximum absolute atomic E-state index is 11.7. The second kappa shape index (κ2) is 4.59. The first-order valence-electron chi connectivity index (χ1n) is 4.71. The lowest BCUT2D eigenvalue weighted by Gasteiger charge is -2.20. The Labute approximate surface area is 99.2 Å². The number of β-amino-alcohol motifs (C(OH)–C–C–N with tert-alkyl or cyclic N) is 1. The summed E-state index contributed by atoms with van der Waals surface area (Å²) in [6.45, 7) is -0.0188. The van der Waals surface area contributed by atoms with Crippen LogP contribution in [0.5, 0.6) is 0 Å². The number of aliphatic hydroxyl groups is 1. The predicted molar refractivity (Wildman–Crippen MR) is 55.5 cm³/mol. The number of nitrogens with zero attached hydrogens (tertiary/aromatic N) is 4. The van der Waals surface area contributed by atoms with Crippen molar-refractivity contribution in [2.45, 2.75) is 18.6 Å². The molecule has 1 aromatic rings. The van der Waals surface area contributed by atoms with Crippen LogP contribution in [0.3, 0.4) is 0 Å². The number of rotatable bonds is 2. The minimum absolute atomic E-state index is 0.0188. The Balaban J connectivity index is 2.05. The molecule has 2 atom stereocenters. The van der Waals surface area contributed by atoms with E-state index >= 15 is 0 Å². The van der Waals surface area contributed by atoms with E-state index in [-0.39, 0.29) is 18.1 Å². The van der Waals surface area contributed by atoms with Crippen molar-refractivity contribution >= 4 is 28.7 Å². The number of amides is 2. The first-order chi connectivity index (χ1) is 8.08. The summed E-state index contributed by atoms with van der Waals surface area (Å²) in [6.07, 6.45) is -0.800. The molecule has 2 heterocycles. The van der Waals surface area contributed by atoms with Gasteiger partial charge in [0.1, 0.15) is 6.04 Å². The lowest BCUT2D eigenvalue weighted by molar-refractivity contribution is -0.141. The number of aliphatic carboxylic acids is 1. The maximum Gasteiger partial charge on any atom is 0.326 e. The molecule has 0 aliphatic carbocycles. The molecule has 10 heteroatoms. The van der Waals surface area contributed by atoms with Crippen LogP contribution >= 0.6 is 11.5 Å². The monoisotopic (exact) mass is 259 g/mol. The molecule has 92 valence electrons. The summed E-state index contributed by atoms with van der Waals surface area (Å²) in [6, 6.07) is -1.65. The number of hydrogen-bond acceptors (Lipinski definition) is 7. The van der Waals surface area contributed by atoms with E-state index in [0.29, 0.717) is 0 Å². The fourth-order valence-electron chi connectivity index (χ4n) is 1.62. The Kier molecular flexibility index (Phi) is 3.15. The number of urea groups is 1. The first kappa shape index (κ1) is 11.7. The molecule has 9 nitrogen and oxygen atoms in total. The smallest absolute Gasteiger partial charge is 0.326 e. The van der Waals surface area contributed by atoms with Crippen LogP contribution in [0.25, 0.3) is 0 Å². The van der Waals surface area contributed by atoms with E-state index in [1.807, 2.05) is 0 Å². The Morgan fingerprint density at radius 2 is 2.29 bits per heavy atom. The highest BCUT2D eigenvalue weighted by Gasteiger charge is 2.39. The number of nitrogens with one attached hydrogen (secondary N) is 1. The Bertz CT molecular complexity index is 424. The molecule has 0 saturated carbocycles. The SMILES string of the molecule is O=C(O)[C@@H]1C[C@@H](O)CN1C(=O)Nc1nnns1. The number of carboxylic acids is 1. The van der Waals surface area contributed by atoms with Gasteiger partial charge in [-0.2, -0.15) is 0 Å². The van der Waals surface area contributed by atoms with Crippen molar-refractivity contribution in [3.63, 3.8) is 0 Å². The Morgan fingerprint density at radius 1 is 1.53 bits per heavy atom. The van der Waals surface area contributed by atoms with Crippen molar-refractivity contribution in [1.29, 1.82) is 0 Å². The molecule has 0 radical (unpaired) electrons. The summed E-state index contributed by atoms with van der Waals surface area (Å²) < 4.78 is 3.45. The summed E-state index contributed by atoms with van der Waals surface area (Å²) in [5, 5.41) is 27.6. The van der Waals surface area contributed by atoms with Crippen molar-refractivity contribution in [2.75, 3.05) is 11.9 Å². The maximum atomic E-state index is 11.7. The molecule has 0 aromatic carbocycles. The third-order valence-corrected chi connectivity index (χ3v) is 2.85. The molecular formula is C7H9N5O4S. The van der Waals surface area contributed by atoms with Crippen LogP contribution in [0.15, 0.2) is 0 Å². The first-order valence-corrected chi connectivity index (χ1v) is 5.49. The van der Waals surface area contributed by atoms with Gasteiger partial charge in [-0.1, -0.05) is 9.59 Å². The lowest BCUT2D eigenvalue weighted by Crippen LogP contribution is -2.43. The van der Waals surface area contributed by atoms with Gasteiger partial charge in [0, 0.05) is 24.5 Å². The normalized spacial score (nSPS) is 23.7. The van der Waals surface area contributed by atoms with E-state index in [4.69, 9.17) is 5.11 Å². The molecule has 1 fully saturated rings. The zero-order valence-corrected chi connectivity index (χ0v) is 9.29. The van der Waals surface area contributed by atoms with Gasteiger partial charge in [-0.15, -0.1) is 0 Å². The quantitative estimate of drug-likeness (QED) is 0.620. The molecule has 0 spiro atoms. The van der Waals surface area contributed by atoms with E-state index < -0.39 is 24.1 Å². The number of aromatic nitrogens is 3. The molecule has 17 heavy (non-hydrogen) atoms. The van der Waals surface area contributed by atoms with Gasteiger partial charge in [0.25, 0.3) is 0 Å². The predicted octanol–water partition coefficient (Wildman–Crippen LogP) is -1.02. The van der Waals surface area contributed by atoms with E-state index in [0.717, 1.165) is 16.4 Å². The van der Waals surface area contributed by atoms with Crippen molar-refractivity contribution in [3.8, 4) is 0 Å². The molecule has 1 saturated heterocycles. The average Bonchev–Trinajstić information content (AvgIpc) is 2.86. The summed E-state index contributed by atoms with van der Waals surface area (Å²) in [4.78, 5) is 23.7.